The fraction of sp³-hybridized carbons (Fsp3) is 0.333. The van der Waals surface area contributed by atoms with Crippen LogP contribution in [0.15, 0.2) is 30.3 Å². The molecule has 1 amide bonds. The van der Waals surface area contributed by atoms with Gasteiger partial charge in [-0.25, -0.2) is 9.07 Å². The highest BCUT2D eigenvalue weighted by atomic mass is 32.1. The summed E-state index contributed by atoms with van der Waals surface area (Å²) in [4.78, 5) is 14.2. The van der Waals surface area contributed by atoms with Gasteiger partial charge in [-0.2, -0.15) is 5.10 Å². The highest BCUT2D eigenvalue weighted by Crippen LogP contribution is 2.30. The molecule has 25 heavy (non-hydrogen) atoms. The Morgan fingerprint density at radius 3 is 2.92 bits per heavy atom. The predicted molar refractivity (Wildman–Crippen MR) is 97.0 cm³/mol. The minimum atomic E-state index is -0.281. The molecule has 1 aliphatic rings. The van der Waals surface area contributed by atoms with E-state index in [9.17, 15) is 9.18 Å². The maximum Gasteiger partial charge on any atom is 0.261 e. The van der Waals surface area contributed by atoms with Crippen molar-refractivity contribution in [2.24, 2.45) is 0 Å². The molecule has 0 saturated carbocycles. The van der Waals surface area contributed by atoms with Crippen LogP contribution >= 0.6 is 11.3 Å². The SMILES string of the molecule is Cc1nn(-c2ccc(F)cc2)c2sc(C(=O)N[C@H]3CCCNC3)cc12. The van der Waals surface area contributed by atoms with Crippen molar-refractivity contribution < 1.29 is 9.18 Å². The van der Waals surface area contributed by atoms with E-state index in [0.29, 0.717) is 4.88 Å². The maximum absolute atomic E-state index is 13.2. The third-order valence-electron chi connectivity index (χ3n) is 4.47. The Morgan fingerprint density at radius 1 is 1.40 bits per heavy atom. The Labute approximate surface area is 148 Å². The summed E-state index contributed by atoms with van der Waals surface area (Å²) in [5.41, 5.74) is 1.64. The van der Waals surface area contributed by atoms with Gasteiger partial charge in [0.1, 0.15) is 10.6 Å². The van der Waals surface area contributed by atoms with Crippen molar-refractivity contribution in [3.05, 3.63) is 46.7 Å². The highest BCUT2D eigenvalue weighted by Gasteiger charge is 2.20. The molecule has 0 aliphatic carbocycles. The summed E-state index contributed by atoms with van der Waals surface area (Å²) < 4.78 is 14.9. The van der Waals surface area contributed by atoms with Crippen molar-refractivity contribution >= 4 is 27.5 Å². The number of fused-ring (bicyclic) bond motifs is 1. The Kier molecular flexibility index (Phi) is 4.27. The zero-order chi connectivity index (χ0) is 17.4. The van der Waals surface area contributed by atoms with E-state index in [4.69, 9.17) is 0 Å². The molecule has 4 rings (SSSR count). The van der Waals surface area contributed by atoms with Crippen molar-refractivity contribution in [1.82, 2.24) is 20.4 Å². The van der Waals surface area contributed by atoms with E-state index in [1.165, 1.54) is 23.5 Å². The number of halogens is 1. The molecule has 1 atom stereocenters. The van der Waals surface area contributed by atoms with Gasteiger partial charge in [0.2, 0.25) is 0 Å². The van der Waals surface area contributed by atoms with Gasteiger partial charge in [-0.15, -0.1) is 11.3 Å². The molecule has 130 valence electrons. The molecule has 5 nitrogen and oxygen atoms in total. The summed E-state index contributed by atoms with van der Waals surface area (Å²) in [6, 6.07) is 8.28. The minimum absolute atomic E-state index is 0.0417. The monoisotopic (exact) mass is 358 g/mol. The fourth-order valence-electron chi connectivity index (χ4n) is 3.15. The zero-order valence-corrected chi connectivity index (χ0v) is 14.7. The van der Waals surface area contributed by atoms with E-state index in [0.717, 1.165) is 47.5 Å². The first-order valence-electron chi connectivity index (χ1n) is 8.38. The van der Waals surface area contributed by atoms with Crippen LogP contribution in [0.3, 0.4) is 0 Å². The lowest BCUT2D eigenvalue weighted by molar-refractivity contribution is 0.0935. The molecule has 7 heteroatoms. The van der Waals surface area contributed by atoms with Crippen molar-refractivity contribution in [2.45, 2.75) is 25.8 Å². The summed E-state index contributed by atoms with van der Waals surface area (Å²) in [5, 5.41) is 11.9. The lowest BCUT2D eigenvalue weighted by atomic mass is 10.1. The second-order valence-corrected chi connectivity index (χ2v) is 7.35. The number of carbonyl (C=O) groups is 1. The first-order chi connectivity index (χ1) is 12.1. The first-order valence-corrected chi connectivity index (χ1v) is 9.20. The molecule has 0 radical (unpaired) electrons. The van der Waals surface area contributed by atoms with Crippen LogP contribution in [-0.4, -0.2) is 34.8 Å². The van der Waals surface area contributed by atoms with E-state index in [-0.39, 0.29) is 17.8 Å². The quantitative estimate of drug-likeness (QED) is 0.757. The normalized spacial score (nSPS) is 17.8. The number of benzene rings is 1. The summed E-state index contributed by atoms with van der Waals surface area (Å²) in [5.74, 6) is -0.323. The van der Waals surface area contributed by atoms with Gasteiger partial charge in [-0.3, -0.25) is 4.79 Å². The van der Waals surface area contributed by atoms with Gasteiger partial charge in [-0.05, 0) is 56.6 Å². The number of nitrogens with one attached hydrogen (secondary N) is 2. The Morgan fingerprint density at radius 2 is 2.20 bits per heavy atom. The maximum atomic E-state index is 13.2. The number of piperidine rings is 1. The van der Waals surface area contributed by atoms with Crippen LogP contribution in [0, 0.1) is 12.7 Å². The Hall–Kier alpha value is -2.25. The average Bonchev–Trinajstić information content (AvgIpc) is 3.18. The summed E-state index contributed by atoms with van der Waals surface area (Å²) in [6.45, 7) is 3.75. The number of thiophene rings is 1. The van der Waals surface area contributed by atoms with Crippen LogP contribution in [0.2, 0.25) is 0 Å². The summed E-state index contributed by atoms with van der Waals surface area (Å²) in [6.07, 6.45) is 2.09. The zero-order valence-electron chi connectivity index (χ0n) is 13.9. The molecule has 3 heterocycles. The third kappa shape index (κ3) is 3.17. The smallest absolute Gasteiger partial charge is 0.261 e. The number of carbonyl (C=O) groups excluding carboxylic acids is 1. The number of nitrogens with zero attached hydrogens (tertiary/aromatic N) is 2. The molecule has 2 N–H and O–H groups in total. The van der Waals surface area contributed by atoms with Gasteiger partial charge in [-0.1, -0.05) is 0 Å². The molecule has 0 spiro atoms. The second-order valence-electron chi connectivity index (χ2n) is 6.32. The van der Waals surface area contributed by atoms with Gasteiger partial charge in [0.05, 0.1) is 16.3 Å². The van der Waals surface area contributed by atoms with E-state index >= 15 is 0 Å². The number of amides is 1. The standard InChI is InChI=1S/C18H19FN4OS/c1-11-15-9-16(17(24)21-13-3-2-8-20-10-13)25-18(15)23(22-11)14-6-4-12(19)5-7-14/h4-7,9,13,20H,2-3,8,10H2,1H3,(H,21,24)/t13-/m0/s1. The molecule has 1 aromatic carbocycles. The number of rotatable bonds is 3. The molecular weight excluding hydrogens is 339 g/mol. The van der Waals surface area contributed by atoms with Crippen molar-refractivity contribution in [3.8, 4) is 5.69 Å². The van der Waals surface area contributed by atoms with Crippen LogP contribution < -0.4 is 10.6 Å². The first kappa shape index (κ1) is 16.2. The van der Waals surface area contributed by atoms with Crippen molar-refractivity contribution in [3.63, 3.8) is 0 Å². The molecular formula is C18H19FN4OS. The fourth-order valence-corrected chi connectivity index (χ4v) is 4.23. The lowest BCUT2D eigenvalue weighted by Gasteiger charge is -2.23. The minimum Gasteiger partial charge on any atom is -0.347 e. The molecule has 1 fully saturated rings. The molecule has 1 saturated heterocycles. The summed E-state index contributed by atoms with van der Waals surface area (Å²) >= 11 is 1.41. The molecule has 0 bridgehead atoms. The van der Waals surface area contributed by atoms with E-state index < -0.39 is 0 Å². The molecule has 1 aliphatic heterocycles. The van der Waals surface area contributed by atoms with Gasteiger partial charge >= 0.3 is 0 Å². The second kappa shape index (κ2) is 6.57. The highest BCUT2D eigenvalue weighted by molar-refractivity contribution is 7.20. The number of aromatic nitrogens is 2. The lowest BCUT2D eigenvalue weighted by Crippen LogP contribution is -2.45. The van der Waals surface area contributed by atoms with Gasteiger partial charge < -0.3 is 10.6 Å². The van der Waals surface area contributed by atoms with E-state index in [2.05, 4.69) is 15.7 Å². The Bertz CT molecular complexity index is 909. The van der Waals surface area contributed by atoms with E-state index in [1.54, 1.807) is 16.8 Å². The molecule has 2 aromatic heterocycles. The summed E-state index contributed by atoms with van der Waals surface area (Å²) in [7, 11) is 0. The largest absolute Gasteiger partial charge is 0.347 e. The average molecular weight is 358 g/mol. The number of hydrogen-bond donors (Lipinski definition) is 2. The van der Waals surface area contributed by atoms with Crippen molar-refractivity contribution in [2.75, 3.05) is 13.1 Å². The predicted octanol–water partition coefficient (Wildman–Crippen LogP) is 3.02. The van der Waals surface area contributed by atoms with Gasteiger partial charge in [0.15, 0.2) is 0 Å². The third-order valence-corrected chi connectivity index (χ3v) is 5.58. The van der Waals surface area contributed by atoms with Gasteiger partial charge in [0.25, 0.3) is 5.91 Å². The van der Waals surface area contributed by atoms with Crippen LogP contribution in [0.1, 0.15) is 28.2 Å². The molecule has 0 unspecified atom stereocenters. The van der Waals surface area contributed by atoms with Crippen LogP contribution in [0.5, 0.6) is 0 Å². The number of hydrogen-bond acceptors (Lipinski definition) is 4. The van der Waals surface area contributed by atoms with E-state index in [1.807, 2.05) is 13.0 Å². The Balaban J connectivity index is 1.64. The van der Waals surface area contributed by atoms with Crippen molar-refractivity contribution in [1.29, 1.82) is 0 Å². The van der Waals surface area contributed by atoms with Crippen LogP contribution in [0.25, 0.3) is 15.9 Å². The van der Waals surface area contributed by atoms with Gasteiger partial charge in [0, 0.05) is 18.0 Å². The molecule has 3 aromatic rings. The topological polar surface area (TPSA) is 59.0 Å². The number of aryl methyl sites for hydroxylation is 1. The van der Waals surface area contributed by atoms with Crippen LogP contribution in [0.4, 0.5) is 4.39 Å². The van der Waals surface area contributed by atoms with Crippen LogP contribution in [-0.2, 0) is 0 Å².